The number of aromatic amines is 1. The molecule has 1 aliphatic heterocycles. The van der Waals surface area contributed by atoms with Crippen LogP contribution in [0.25, 0.3) is 0 Å². The lowest BCUT2D eigenvalue weighted by atomic mass is 9.84. The van der Waals surface area contributed by atoms with Crippen molar-refractivity contribution in [3.05, 3.63) is 88.4 Å². The first-order valence-electron chi connectivity index (χ1n) is 8.58. The Morgan fingerprint density at radius 2 is 1.93 bits per heavy atom. The lowest BCUT2D eigenvalue weighted by Crippen LogP contribution is -2.21. The van der Waals surface area contributed by atoms with E-state index in [0.717, 1.165) is 16.8 Å². The maximum absolute atomic E-state index is 12.2. The fourth-order valence-corrected chi connectivity index (χ4v) is 3.20. The third-order valence-corrected chi connectivity index (χ3v) is 4.56. The summed E-state index contributed by atoms with van der Waals surface area (Å²) in [6, 6.07) is 17.9. The van der Waals surface area contributed by atoms with E-state index < -0.39 is 11.9 Å². The van der Waals surface area contributed by atoms with Crippen LogP contribution in [-0.2, 0) is 0 Å². The van der Waals surface area contributed by atoms with Crippen LogP contribution >= 0.6 is 0 Å². The maximum Gasteiger partial charge on any atom is 0.343 e. The van der Waals surface area contributed by atoms with Gasteiger partial charge in [-0.1, -0.05) is 30.3 Å². The van der Waals surface area contributed by atoms with Crippen molar-refractivity contribution in [3.63, 3.8) is 0 Å². The van der Waals surface area contributed by atoms with E-state index in [2.05, 4.69) is 16.3 Å². The number of nitriles is 1. The van der Waals surface area contributed by atoms with Crippen LogP contribution in [0.4, 0.5) is 0 Å². The molecule has 0 fully saturated rings. The first-order chi connectivity index (χ1) is 13.6. The number of rotatable bonds is 3. The third kappa shape index (κ3) is 2.97. The number of carbonyl (C=O) groups excluding carboxylic acids is 1. The molecule has 0 aliphatic carbocycles. The van der Waals surface area contributed by atoms with Gasteiger partial charge in [0.25, 0.3) is 0 Å². The molecule has 0 radical (unpaired) electrons. The number of benzene rings is 2. The molecule has 3 N–H and O–H groups in total. The fraction of sp³-hybridized carbons (Fsp3) is 0.0952. The molecular weight excluding hydrogens is 356 g/mol. The largest absolute Gasteiger partial charge is 0.423 e. The summed E-state index contributed by atoms with van der Waals surface area (Å²) in [5, 5.41) is 16.5. The molecule has 3 aromatic rings. The standard InChI is InChI=1S/C21H16N4O3/c1-12-17-18(16(11-22)19(23)28-20(17)25-24-12)13-7-9-15(10-8-13)27-21(26)14-5-3-2-4-6-14/h2-10,18H,23H2,1H3,(H,24,25)/t18-/m1/s1. The van der Waals surface area contributed by atoms with Crippen molar-refractivity contribution in [2.24, 2.45) is 5.73 Å². The minimum Gasteiger partial charge on any atom is -0.423 e. The van der Waals surface area contributed by atoms with E-state index >= 15 is 0 Å². The van der Waals surface area contributed by atoms with Crippen molar-refractivity contribution in [1.29, 1.82) is 5.26 Å². The van der Waals surface area contributed by atoms with Crippen LogP contribution in [0, 0.1) is 18.3 Å². The summed E-state index contributed by atoms with van der Waals surface area (Å²) in [6.45, 7) is 1.86. The predicted octanol–water partition coefficient (Wildman–Crippen LogP) is 3.16. The minimum absolute atomic E-state index is 0.0334. The summed E-state index contributed by atoms with van der Waals surface area (Å²) in [5.41, 5.74) is 9.06. The first-order valence-corrected chi connectivity index (χ1v) is 8.58. The third-order valence-electron chi connectivity index (χ3n) is 4.56. The lowest BCUT2D eigenvalue weighted by molar-refractivity contribution is 0.0734. The van der Waals surface area contributed by atoms with Crippen molar-refractivity contribution in [2.75, 3.05) is 0 Å². The average Bonchev–Trinajstić information content (AvgIpc) is 3.08. The molecule has 28 heavy (non-hydrogen) atoms. The smallest absolute Gasteiger partial charge is 0.343 e. The number of hydrogen-bond donors (Lipinski definition) is 2. The molecule has 0 unspecified atom stereocenters. The number of nitrogens with one attached hydrogen (secondary N) is 1. The fourth-order valence-electron chi connectivity index (χ4n) is 3.20. The highest BCUT2D eigenvalue weighted by Gasteiger charge is 2.34. The number of nitrogens with two attached hydrogens (primary N) is 1. The van der Waals surface area contributed by atoms with Crippen LogP contribution in [0.15, 0.2) is 66.1 Å². The quantitative estimate of drug-likeness (QED) is 0.539. The molecule has 0 spiro atoms. The predicted molar refractivity (Wildman–Crippen MR) is 100 cm³/mol. The number of carbonyl (C=O) groups is 1. The van der Waals surface area contributed by atoms with Gasteiger partial charge in [0.05, 0.1) is 11.5 Å². The minimum atomic E-state index is -0.436. The zero-order valence-corrected chi connectivity index (χ0v) is 15.0. The number of aryl methyl sites for hydroxylation is 1. The first kappa shape index (κ1) is 17.4. The zero-order chi connectivity index (χ0) is 19.7. The van der Waals surface area contributed by atoms with Crippen LogP contribution < -0.4 is 15.2 Å². The van der Waals surface area contributed by atoms with Gasteiger partial charge in [-0.2, -0.15) is 5.26 Å². The zero-order valence-electron chi connectivity index (χ0n) is 15.0. The summed E-state index contributed by atoms with van der Waals surface area (Å²) >= 11 is 0. The van der Waals surface area contributed by atoms with Crippen molar-refractivity contribution in [1.82, 2.24) is 10.2 Å². The Labute approximate surface area is 161 Å². The van der Waals surface area contributed by atoms with E-state index in [4.69, 9.17) is 15.2 Å². The second kappa shape index (κ2) is 6.93. The van der Waals surface area contributed by atoms with Gasteiger partial charge in [-0.3, -0.25) is 5.10 Å². The van der Waals surface area contributed by atoms with Crippen molar-refractivity contribution in [2.45, 2.75) is 12.8 Å². The van der Waals surface area contributed by atoms with Gasteiger partial charge in [-0.15, -0.1) is 5.10 Å². The van der Waals surface area contributed by atoms with E-state index in [1.54, 1.807) is 48.5 Å². The summed E-state index contributed by atoms with van der Waals surface area (Å²) < 4.78 is 10.9. The summed E-state index contributed by atoms with van der Waals surface area (Å²) in [5.74, 6) is -0.0467. The van der Waals surface area contributed by atoms with Crippen LogP contribution in [0.5, 0.6) is 11.6 Å². The highest BCUT2D eigenvalue weighted by atomic mass is 16.5. The molecule has 7 nitrogen and oxygen atoms in total. The van der Waals surface area contributed by atoms with Crippen LogP contribution in [0.1, 0.15) is 33.1 Å². The van der Waals surface area contributed by atoms with E-state index in [1.807, 2.05) is 13.0 Å². The molecular formula is C21H16N4O3. The molecule has 2 aromatic carbocycles. The highest BCUT2D eigenvalue weighted by molar-refractivity contribution is 5.90. The Bertz CT molecular complexity index is 1110. The molecule has 0 saturated heterocycles. The van der Waals surface area contributed by atoms with Gasteiger partial charge in [0.2, 0.25) is 11.8 Å². The Balaban J connectivity index is 1.64. The van der Waals surface area contributed by atoms with E-state index in [0.29, 0.717) is 22.8 Å². The Hall–Kier alpha value is -4.05. The maximum atomic E-state index is 12.2. The molecule has 1 aromatic heterocycles. The van der Waals surface area contributed by atoms with E-state index in [1.165, 1.54) is 0 Å². The topological polar surface area (TPSA) is 114 Å². The van der Waals surface area contributed by atoms with Crippen molar-refractivity contribution >= 4 is 5.97 Å². The van der Waals surface area contributed by atoms with Crippen LogP contribution in [0.2, 0.25) is 0 Å². The number of allylic oxidation sites excluding steroid dienone is 1. The van der Waals surface area contributed by atoms with Gasteiger partial charge in [-0.05, 0) is 36.8 Å². The summed E-state index contributed by atoms with van der Waals surface area (Å²) in [4.78, 5) is 12.2. The molecule has 0 amide bonds. The molecule has 7 heteroatoms. The van der Waals surface area contributed by atoms with Gasteiger partial charge in [0.15, 0.2) is 0 Å². The van der Waals surface area contributed by atoms with Crippen molar-refractivity contribution in [3.8, 4) is 17.7 Å². The van der Waals surface area contributed by atoms with Crippen molar-refractivity contribution < 1.29 is 14.3 Å². The molecule has 0 saturated carbocycles. The van der Waals surface area contributed by atoms with Gasteiger partial charge in [0.1, 0.15) is 17.4 Å². The number of esters is 1. The van der Waals surface area contributed by atoms with Crippen LogP contribution in [-0.4, -0.2) is 16.2 Å². The molecule has 1 aliphatic rings. The SMILES string of the molecule is Cc1[nH]nc2c1[C@H](c1ccc(OC(=O)c3ccccc3)cc1)C(C#N)=C(N)O2. The second-order valence-corrected chi connectivity index (χ2v) is 6.32. The normalized spacial score (nSPS) is 15.4. The summed E-state index contributed by atoms with van der Waals surface area (Å²) in [6.07, 6.45) is 0. The van der Waals surface area contributed by atoms with Gasteiger partial charge >= 0.3 is 5.97 Å². The monoisotopic (exact) mass is 372 g/mol. The summed E-state index contributed by atoms with van der Waals surface area (Å²) in [7, 11) is 0. The van der Waals surface area contributed by atoms with Gasteiger partial charge in [0, 0.05) is 11.3 Å². The molecule has 4 rings (SSSR count). The number of nitrogens with zero attached hydrogens (tertiary/aromatic N) is 2. The Morgan fingerprint density at radius 1 is 1.21 bits per heavy atom. The number of ether oxygens (including phenoxy) is 2. The number of fused-ring (bicyclic) bond motifs is 1. The number of H-pyrrole nitrogens is 1. The van der Waals surface area contributed by atoms with E-state index in [9.17, 15) is 10.1 Å². The van der Waals surface area contributed by atoms with Crippen LogP contribution in [0.3, 0.4) is 0 Å². The molecule has 1 atom stereocenters. The lowest BCUT2D eigenvalue weighted by Gasteiger charge is -2.23. The average molecular weight is 372 g/mol. The number of hydrogen-bond acceptors (Lipinski definition) is 6. The molecule has 2 heterocycles. The van der Waals surface area contributed by atoms with E-state index in [-0.39, 0.29) is 5.88 Å². The molecule has 0 bridgehead atoms. The number of aromatic nitrogens is 2. The van der Waals surface area contributed by atoms with Gasteiger partial charge < -0.3 is 15.2 Å². The highest BCUT2D eigenvalue weighted by Crippen LogP contribution is 2.42. The molecule has 138 valence electrons. The van der Waals surface area contributed by atoms with Gasteiger partial charge in [-0.25, -0.2) is 4.79 Å². The second-order valence-electron chi connectivity index (χ2n) is 6.32. The Morgan fingerprint density at radius 3 is 2.61 bits per heavy atom. The Kier molecular flexibility index (Phi) is 4.30.